The topological polar surface area (TPSA) is 169 Å². The van der Waals surface area contributed by atoms with E-state index in [9.17, 15) is 24.3 Å². The molecule has 0 bridgehead atoms. The number of anilines is 1. The fourth-order valence-corrected chi connectivity index (χ4v) is 3.13. The predicted octanol–water partition coefficient (Wildman–Crippen LogP) is 2.74. The summed E-state index contributed by atoms with van der Waals surface area (Å²) in [5.74, 6) is -1.60. The minimum absolute atomic E-state index is 0.0657. The van der Waals surface area contributed by atoms with Crippen LogP contribution in [-0.2, 0) is 30.3 Å². The number of hydrogen-bond donors (Lipinski definition) is 5. The lowest BCUT2D eigenvalue weighted by molar-refractivity contribution is -0.155. The number of carbonyl (C=O) groups excluding carboxylic acids is 4. The molecule has 0 radical (unpaired) electrons. The SMILES string of the molecule is C[C@H](N)C(=O)N[C@@H](C)C(=O)Nc1cc(C[C@@H](CCC(=O)OC(C)(C)C)NC(=O)OC(C)(C)C)ccc1O. The summed E-state index contributed by atoms with van der Waals surface area (Å²) in [6, 6.07) is 2.45. The fraction of sp³-hybridized carbons (Fsp3) is 0.615. The molecule has 0 spiro atoms. The fourth-order valence-electron chi connectivity index (χ4n) is 3.13. The molecule has 3 atom stereocenters. The van der Waals surface area contributed by atoms with Crippen molar-refractivity contribution in [3.63, 3.8) is 0 Å². The van der Waals surface area contributed by atoms with Crippen molar-refractivity contribution in [3.05, 3.63) is 23.8 Å². The Bertz CT molecular complexity index is 965. The second kappa shape index (κ2) is 13.3. The first-order valence-electron chi connectivity index (χ1n) is 12.3. The van der Waals surface area contributed by atoms with Crippen LogP contribution in [-0.4, -0.2) is 58.3 Å². The second-order valence-corrected chi connectivity index (χ2v) is 11.0. The largest absolute Gasteiger partial charge is 0.506 e. The highest BCUT2D eigenvalue weighted by atomic mass is 16.6. The summed E-state index contributed by atoms with van der Waals surface area (Å²) >= 11 is 0. The second-order valence-electron chi connectivity index (χ2n) is 11.0. The maximum atomic E-state index is 12.5. The zero-order valence-corrected chi connectivity index (χ0v) is 23.1. The van der Waals surface area contributed by atoms with Crippen LogP contribution in [0.25, 0.3) is 0 Å². The van der Waals surface area contributed by atoms with Gasteiger partial charge >= 0.3 is 12.1 Å². The smallest absolute Gasteiger partial charge is 0.407 e. The Morgan fingerprint density at radius 2 is 1.54 bits per heavy atom. The number of nitrogens with one attached hydrogen (secondary N) is 3. The van der Waals surface area contributed by atoms with Crippen molar-refractivity contribution >= 4 is 29.6 Å². The third kappa shape index (κ3) is 13.0. The summed E-state index contributed by atoms with van der Waals surface area (Å²) in [5, 5.41) is 18.1. The van der Waals surface area contributed by atoms with E-state index in [1.165, 1.54) is 19.9 Å². The highest BCUT2D eigenvalue weighted by Gasteiger charge is 2.23. The van der Waals surface area contributed by atoms with Crippen molar-refractivity contribution in [2.75, 3.05) is 5.32 Å². The normalized spacial score (nSPS) is 14.1. The number of benzene rings is 1. The molecule has 0 aliphatic carbocycles. The Balaban J connectivity index is 3.00. The van der Waals surface area contributed by atoms with Crippen LogP contribution in [0.1, 0.15) is 73.8 Å². The van der Waals surface area contributed by atoms with E-state index >= 15 is 0 Å². The van der Waals surface area contributed by atoms with Crippen LogP contribution in [0.4, 0.5) is 10.5 Å². The number of phenolic OH excluding ortho intramolecular Hbond substituents is 1. The Kier molecular flexibility index (Phi) is 11.4. The number of alkyl carbamates (subject to hydrolysis) is 1. The number of rotatable bonds is 10. The number of esters is 1. The Morgan fingerprint density at radius 1 is 0.946 bits per heavy atom. The molecule has 11 heteroatoms. The molecule has 0 saturated heterocycles. The molecule has 0 aromatic heterocycles. The number of amides is 3. The average Bonchev–Trinajstić information content (AvgIpc) is 2.71. The van der Waals surface area contributed by atoms with Gasteiger partial charge in [0.05, 0.1) is 11.7 Å². The molecular weight excluding hydrogens is 480 g/mol. The molecule has 1 aromatic carbocycles. The number of hydrogen-bond acceptors (Lipinski definition) is 8. The zero-order valence-electron chi connectivity index (χ0n) is 23.1. The lowest BCUT2D eigenvalue weighted by Gasteiger charge is -2.25. The first-order valence-corrected chi connectivity index (χ1v) is 12.3. The standard InChI is InChI=1S/C26H42N4O7/c1-15(27)22(33)28-16(2)23(34)30-19-14-17(9-11-20(19)31)13-18(29-24(35)37-26(6,7)8)10-12-21(32)36-25(3,4)5/h9,11,14-16,18,31H,10,12-13,27H2,1-8H3,(H,28,33)(H,29,35)(H,30,34)/t15-,16-,18+/m0/s1. The molecule has 11 nitrogen and oxygen atoms in total. The Labute approximate surface area is 218 Å². The average molecular weight is 523 g/mol. The molecular formula is C26H42N4O7. The minimum atomic E-state index is -0.892. The van der Waals surface area contributed by atoms with Crippen LogP contribution >= 0.6 is 0 Å². The van der Waals surface area contributed by atoms with Crippen molar-refractivity contribution in [2.24, 2.45) is 5.73 Å². The van der Waals surface area contributed by atoms with Gasteiger partial charge in [-0.25, -0.2) is 4.79 Å². The van der Waals surface area contributed by atoms with Crippen LogP contribution in [0.3, 0.4) is 0 Å². The third-order valence-electron chi connectivity index (χ3n) is 4.80. The molecule has 6 N–H and O–H groups in total. The Morgan fingerprint density at radius 3 is 2.08 bits per heavy atom. The highest BCUT2D eigenvalue weighted by molar-refractivity contribution is 5.98. The molecule has 1 aromatic rings. The monoisotopic (exact) mass is 522 g/mol. The summed E-state index contributed by atoms with van der Waals surface area (Å²) in [4.78, 5) is 49.0. The number of phenols is 1. The number of carbonyl (C=O) groups is 4. The molecule has 0 unspecified atom stereocenters. The van der Waals surface area contributed by atoms with Crippen LogP contribution < -0.4 is 21.7 Å². The third-order valence-corrected chi connectivity index (χ3v) is 4.80. The number of aromatic hydroxyl groups is 1. The van der Waals surface area contributed by atoms with Crippen molar-refractivity contribution in [1.29, 1.82) is 0 Å². The van der Waals surface area contributed by atoms with E-state index in [-0.39, 0.29) is 30.7 Å². The lowest BCUT2D eigenvalue weighted by Crippen LogP contribution is -2.47. The quantitative estimate of drug-likeness (QED) is 0.231. The molecule has 0 aliphatic heterocycles. The van der Waals surface area contributed by atoms with Gasteiger partial charge in [0.2, 0.25) is 11.8 Å². The molecule has 1 rings (SSSR count). The summed E-state index contributed by atoms with van der Waals surface area (Å²) < 4.78 is 10.7. The summed E-state index contributed by atoms with van der Waals surface area (Å²) in [5.41, 5.74) is 4.99. The van der Waals surface area contributed by atoms with E-state index in [0.717, 1.165) is 0 Å². The van der Waals surface area contributed by atoms with E-state index < -0.39 is 53.2 Å². The molecule has 0 saturated carbocycles. The van der Waals surface area contributed by atoms with E-state index in [1.807, 2.05) is 0 Å². The van der Waals surface area contributed by atoms with E-state index in [1.54, 1.807) is 53.7 Å². The maximum Gasteiger partial charge on any atom is 0.407 e. The van der Waals surface area contributed by atoms with Crippen molar-refractivity contribution in [3.8, 4) is 5.75 Å². The maximum absolute atomic E-state index is 12.5. The van der Waals surface area contributed by atoms with Crippen LogP contribution in [0.2, 0.25) is 0 Å². The molecule has 208 valence electrons. The van der Waals surface area contributed by atoms with Crippen LogP contribution in [0.15, 0.2) is 18.2 Å². The van der Waals surface area contributed by atoms with Gasteiger partial charge in [-0.3, -0.25) is 14.4 Å². The van der Waals surface area contributed by atoms with Crippen molar-refractivity contribution in [2.45, 2.75) is 104 Å². The van der Waals surface area contributed by atoms with Gasteiger partial charge in [0.15, 0.2) is 0 Å². The Hall–Kier alpha value is -3.34. The van der Waals surface area contributed by atoms with E-state index in [2.05, 4.69) is 16.0 Å². The summed E-state index contributed by atoms with van der Waals surface area (Å²) in [6.45, 7) is 13.6. The lowest BCUT2D eigenvalue weighted by atomic mass is 10.0. The van der Waals surface area contributed by atoms with Gasteiger partial charge in [-0.1, -0.05) is 6.07 Å². The highest BCUT2D eigenvalue weighted by Crippen LogP contribution is 2.26. The van der Waals surface area contributed by atoms with E-state index in [0.29, 0.717) is 5.56 Å². The first kappa shape index (κ1) is 31.7. The van der Waals surface area contributed by atoms with Crippen molar-refractivity contribution in [1.82, 2.24) is 10.6 Å². The first-order chi connectivity index (χ1) is 16.9. The predicted molar refractivity (Wildman–Crippen MR) is 140 cm³/mol. The summed E-state index contributed by atoms with van der Waals surface area (Å²) in [6.07, 6.45) is -0.0113. The molecule has 0 fully saturated rings. The van der Waals surface area contributed by atoms with Gasteiger partial charge in [0, 0.05) is 12.5 Å². The molecule has 37 heavy (non-hydrogen) atoms. The van der Waals surface area contributed by atoms with Gasteiger partial charge in [0.1, 0.15) is 23.0 Å². The van der Waals surface area contributed by atoms with Crippen molar-refractivity contribution < 1.29 is 33.8 Å². The summed E-state index contributed by atoms with van der Waals surface area (Å²) in [7, 11) is 0. The van der Waals surface area contributed by atoms with Gasteiger partial charge in [-0.05, 0) is 85.9 Å². The van der Waals surface area contributed by atoms with Gasteiger partial charge in [0.25, 0.3) is 0 Å². The van der Waals surface area contributed by atoms with Gasteiger partial charge < -0.3 is 36.3 Å². The zero-order chi connectivity index (χ0) is 28.6. The number of ether oxygens (including phenoxy) is 2. The number of nitrogens with two attached hydrogens (primary N) is 1. The minimum Gasteiger partial charge on any atom is -0.506 e. The molecule has 3 amide bonds. The molecule has 0 heterocycles. The van der Waals surface area contributed by atoms with E-state index in [4.69, 9.17) is 15.2 Å². The van der Waals surface area contributed by atoms with Crippen LogP contribution in [0, 0.1) is 0 Å². The molecule has 0 aliphatic rings. The van der Waals surface area contributed by atoms with Gasteiger partial charge in [-0.15, -0.1) is 0 Å². The van der Waals surface area contributed by atoms with Crippen LogP contribution in [0.5, 0.6) is 5.75 Å². The van der Waals surface area contributed by atoms with Gasteiger partial charge in [-0.2, -0.15) is 0 Å².